The maximum absolute atomic E-state index is 12.8. The first-order valence-corrected chi connectivity index (χ1v) is 4.61. The Balaban J connectivity index is 2.54. The van der Waals surface area contributed by atoms with Crippen LogP contribution in [0.25, 0.3) is 11.3 Å². The summed E-state index contributed by atoms with van der Waals surface area (Å²) in [4.78, 5) is 11.1. The number of hydrogen-bond donors (Lipinski definition) is 1. The Kier molecular flexibility index (Phi) is 2.44. The van der Waals surface area contributed by atoms with Crippen molar-refractivity contribution in [3.63, 3.8) is 0 Å². The highest BCUT2D eigenvalue weighted by Crippen LogP contribution is 2.23. The van der Waals surface area contributed by atoms with E-state index in [0.29, 0.717) is 11.3 Å². The molecule has 0 fully saturated rings. The molecule has 0 saturated carbocycles. The van der Waals surface area contributed by atoms with Crippen LogP contribution in [0.1, 0.15) is 0 Å². The summed E-state index contributed by atoms with van der Waals surface area (Å²) in [7, 11) is 1.52. The van der Waals surface area contributed by atoms with Crippen LogP contribution >= 0.6 is 0 Å². The Morgan fingerprint density at radius 1 is 1.31 bits per heavy atom. The van der Waals surface area contributed by atoms with Gasteiger partial charge < -0.3 is 5.11 Å². The summed E-state index contributed by atoms with van der Waals surface area (Å²) in [6.45, 7) is 0. The number of phenolic OH excluding ortho intramolecular Hbond substituents is 1. The van der Waals surface area contributed by atoms with Crippen molar-refractivity contribution in [2.75, 3.05) is 0 Å². The van der Waals surface area contributed by atoms with Crippen LogP contribution in [0.2, 0.25) is 0 Å². The van der Waals surface area contributed by atoms with Crippen LogP contribution in [0.5, 0.6) is 5.75 Å². The van der Waals surface area contributed by atoms with Gasteiger partial charge in [0.2, 0.25) is 0 Å². The van der Waals surface area contributed by atoms with Gasteiger partial charge in [-0.2, -0.15) is 5.10 Å². The van der Waals surface area contributed by atoms with Crippen LogP contribution in [0, 0.1) is 5.82 Å². The normalized spacial score (nSPS) is 10.4. The van der Waals surface area contributed by atoms with Crippen molar-refractivity contribution >= 4 is 0 Å². The minimum atomic E-state index is -0.687. The van der Waals surface area contributed by atoms with Crippen molar-refractivity contribution in [2.24, 2.45) is 7.05 Å². The zero-order valence-corrected chi connectivity index (χ0v) is 8.51. The molecule has 0 aliphatic rings. The van der Waals surface area contributed by atoms with Crippen molar-refractivity contribution in [1.29, 1.82) is 0 Å². The standard InChI is InChI=1S/C11H9FN2O2/c1-14-11(16)5-4-9(13-14)7-2-3-8(12)10(15)6-7/h2-6,15H,1H3. The Morgan fingerprint density at radius 2 is 2.06 bits per heavy atom. The zero-order chi connectivity index (χ0) is 11.7. The highest BCUT2D eigenvalue weighted by atomic mass is 19.1. The second kappa shape index (κ2) is 3.77. The van der Waals surface area contributed by atoms with Gasteiger partial charge in [0, 0.05) is 18.7 Å². The number of nitrogens with zero attached hydrogens (tertiary/aromatic N) is 2. The summed E-state index contributed by atoms with van der Waals surface area (Å²) >= 11 is 0. The molecule has 0 radical (unpaired) electrons. The van der Waals surface area contributed by atoms with E-state index in [0.717, 1.165) is 6.07 Å². The number of halogens is 1. The lowest BCUT2D eigenvalue weighted by atomic mass is 10.1. The minimum absolute atomic E-state index is 0.227. The molecule has 0 atom stereocenters. The minimum Gasteiger partial charge on any atom is -0.505 e. The number of rotatable bonds is 1. The van der Waals surface area contributed by atoms with Gasteiger partial charge in [-0.05, 0) is 24.3 Å². The molecule has 0 saturated heterocycles. The first-order chi connectivity index (χ1) is 7.58. The third kappa shape index (κ3) is 1.79. The molecule has 0 spiro atoms. The fourth-order valence-electron chi connectivity index (χ4n) is 1.33. The van der Waals surface area contributed by atoms with Gasteiger partial charge >= 0.3 is 0 Å². The molecular formula is C11H9FN2O2. The summed E-state index contributed by atoms with van der Waals surface area (Å²) in [6.07, 6.45) is 0. The van der Waals surface area contributed by atoms with Crippen LogP contribution < -0.4 is 5.56 Å². The third-order valence-electron chi connectivity index (χ3n) is 2.20. The van der Waals surface area contributed by atoms with E-state index in [2.05, 4.69) is 5.10 Å². The highest BCUT2D eigenvalue weighted by molar-refractivity contribution is 5.60. The Morgan fingerprint density at radius 3 is 2.69 bits per heavy atom. The molecule has 1 aromatic carbocycles. The van der Waals surface area contributed by atoms with Gasteiger partial charge in [0.15, 0.2) is 11.6 Å². The average molecular weight is 220 g/mol. The molecule has 0 amide bonds. The van der Waals surface area contributed by atoms with Crippen LogP contribution in [0.4, 0.5) is 4.39 Å². The number of aromatic hydroxyl groups is 1. The maximum Gasteiger partial charge on any atom is 0.266 e. The Labute approximate surface area is 90.6 Å². The van der Waals surface area contributed by atoms with Gasteiger partial charge in [-0.15, -0.1) is 0 Å². The number of phenols is 1. The van der Waals surface area contributed by atoms with Gasteiger partial charge in [-0.3, -0.25) is 4.79 Å². The fraction of sp³-hybridized carbons (Fsp3) is 0.0909. The summed E-state index contributed by atoms with van der Waals surface area (Å²) in [6, 6.07) is 6.79. The van der Waals surface area contributed by atoms with Crippen molar-refractivity contribution < 1.29 is 9.50 Å². The van der Waals surface area contributed by atoms with Crippen molar-refractivity contribution in [1.82, 2.24) is 9.78 Å². The van der Waals surface area contributed by atoms with Gasteiger partial charge in [0.25, 0.3) is 5.56 Å². The molecule has 16 heavy (non-hydrogen) atoms. The van der Waals surface area contributed by atoms with E-state index in [4.69, 9.17) is 0 Å². The number of benzene rings is 1. The summed E-state index contributed by atoms with van der Waals surface area (Å²) in [5, 5.41) is 13.2. The van der Waals surface area contributed by atoms with Gasteiger partial charge in [0.05, 0.1) is 5.69 Å². The van der Waals surface area contributed by atoms with E-state index in [1.165, 1.54) is 36.0 Å². The van der Waals surface area contributed by atoms with Crippen molar-refractivity contribution in [3.8, 4) is 17.0 Å². The lowest BCUT2D eigenvalue weighted by Crippen LogP contribution is -2.18. The highest BCUT2D eigenvalue weighted by Gasteiger charge is 2.05. The largest absolute Gasteiger partial charge is 0.505 e. The van der Waals surface area contributed by atoms with Gasteiger partial charge in [-0.25, -0.2) is 9.07 Å². The molecule has 0 aliphatic carbocycles. The number of aryl methyl sites for hydroxylation is 1. The quantitative estimate of drug-likeness (QED) is 0.787. The monoisotopic (exact) mass is 220 g/mol. The molecule has 4 nitrogen and oxygen atoms in total. The maximum atomic E-state index is 12.8. The van der Waals surface area contributed by atoms with E-state index in [1.807, 2.05) is 0 Å². The predicted molar refractivity (Wildman–Crippen MR) is 56.5 cm³/mol. The van der Waals surface area contributed by atoms with Gasteiger partial charge in [-0.1, -0.05) is 0 Å². The van der Waals surface area contributed by atoms with Crippen LogP contribution in [0.3, 0.4) is 0 Å². The molecular weight excluding hydrogens is 211 g/mol. The summed E-state index contributed by atoms with van der Waals surface area (Å²) in [5.74, 6) is -1.12. The number of hydrogen-bond acceptors (Lipinski definition) is 3. The van der Waals surface area contributed by atoms with Crippen molar-refractivity contribution in [2.45, 2.75) is 0 Å². The molecule has 1 heterocycles. The molecule has 0 aliphatic heterocycles. The molecule has 2 aromatic rings. The second-order valence-corrected chi connectivity index (χ2v) is 3.35. The Hall–Kier alpha value is -2.17. The SMILES string of the molecule is Cn1nc(-c2ccc(F)c(O)c2)ccc1=O. The first-order valence-electron chi connectivity index (χ1n) is 4.61. The van der Waals surface area contributed by atoms with Crippen molar-refractivity contribution in [3.05, 3.63) is 46.5 Å². The lowest BCUT2D eigenvalue weighted by Gasteiger charge is -2.03. The molecule has 1 N–H and O–H groups in total. The first kappa shape index (κ1) is 10.4. The van der Waals surface area contributed by atoms with Crippen LogP contribution in [-0.2, 0) is 7.05 Å². The van der Waals surface area contributed by atoms with Crippen LogP contribution in [-0.4, -0.2) is 14.9 Å². The van der Waals surface area contributed by atoms with Crippen LogP contribution in [0.15, 0.2) is 35.1 Å². The fourth-order valence-corrected chi connectivity index (χ4v) is 1.33. The zero-order valence-electron chi connectivity index (χ0n) is 8.51. The topological polar surface area (TPSA) is 55.1 Å². The molecule has 5 heteroatoms. The van der Waals surface area contributed by atoms with E-state index in [-0.39, 0.29) is 5.56 Å². The number of aromatic nitrogens is 2. The van der Waals surface area contributed by atoms with E-state index in [1.54, 1.807) is 0 Å². The molecule has 1 aromatic heterocycles. The third-order valence-corrected chi connectivity index (χ3v) is 2.20. The molecule has 0 bridgehead atoms. The molecule has 2 rings (SSSR count). The molecule has 82 valence electrons. The van der Waals surface area contributed by atoms with E-state index in [9.17, 15) is 14.3 Å². The Bertz CT molecular complexity index is 593. The van der Waals surface area contributed by atoms with E-state index < -0.39 is 11.6 Å². The van der Waals surface area contributed by atoms with E-state index >= 15 is 0 Å². The molecule has 0 unspecified atom stereocenters. The average Bonchev–Trinajstić information content (AvgIpc) is 2.26. The predicted octanol–water partition coefficient (Wildman–Crippen LogP) is 1.29. The lowest BCUT2D eigenvalue weighted by molar-refractivity contribution is 0.432. The van der Waals surface area contributed by atoms with Gasteiger partial charge in [0.1, 0.15) is 0 Å². The summed E-state index contributed by atoms with van der Waals surface area (Å²) < 4.78 is 14.0. The summed E-state index contributed by atoms with van der Waals surface area (Å²) in [5.41, 5.74) is 0.821. The smallest absolute Gasteiger partial charge is 0.266 e. The second-order valence-electron chi connectivity index (χ2n) is 3.35.